The van der Waals surface area contributed by atoms with E-state index in [9.17, 15) is 9.59 Å². The normalized spacial score (nSPS) is 18.4. The summed E-state index contributed by atoms with van der Waals surface area (Å²) >= 11 is 6.55. The number of carbonyl (C=O) groups is 2. The Kier molecular flexibility index (Phi) is 8.03. The minimum absolute atomic E-state index is 0.0975. The quantitative estimate of drug-likeness (QED) is 0.334. The first-order chi connectivity index (χ1) is 19.7. The molecule has 0 radical (unpaired) electrons. The Morgan fingerprint density at radius 2 is 1.71 bits per heavy atom. The Bertz CT molecular complexity index is 1560. The highest BCUT2D eigenvalue weighted by molar-refractivity contribution is 6.31. The lowest BCUT2D eigenvalue weighted by atomic mass is 9.71. The van der Waals surface area contributed by atoms with Gasteiger partial charge in [-0.2, -0.15) is 0 Å². The molecule has 1 amide bonds. The van der Waals surface area contributed by atoms with Crippen LogP contribution in [0, 0.1) is 5.82 Å². The van der Waals surface area contributed by atoms with Crippen molar-refractivity contribution in [2.75, 3.05) is 26.6 Å². The lowest BCUT2D eigenvalue weighted by Crippen LogP contribution is -2.37. The summed E-state index contributed by atoms with van der Waals surface area (Å²) in [6, 6.07) is 16.8. The Labute approximate surface area is 242 Å². The molecule has 5 rings (SSSR count). The first-order valence-corrected chi connectivity index (χ1v) is 13.5. The molecular formula is C32H30ClFN2O5. The molecule has 0 saturated carbocycles. The first kappa shape index (κ1) is 28.2. The van der Waals surface area contributed by atoms with Crippen molar-refractivity contribution in [1.82, 2.24) is 5.32 Å². The minimum atomic E-state index is -0.989. The topological polar surface area (TPSA) is 85.9 Å². The Hall–Kier alpha value is -4.30. The van der Waals surface area contributed by atoms with E-state index < -0.39 is 17.6 Å². The van der Waals surface area contributed by atoms with Gasteiger partial charge in [0.25, 0.3) is 5.91 Å². The van der Waals surface area contributed by atoms with Crippen LogP contribution in [-0.2, 0) is 9.59 Å². The smallest absolute Gasteiger partial charge is 0.254 e. The molecule has 212 valence electrons. The van der Waals surface area contributed by atoms with Crippen LogP contribution in [0.3, 0.4) is 0 Å². The van der Waals surface area contributed by atoms with Crippen LogP contribution in [0.5, 0.6) is 17.2 Å². The van der Waals surface area contributed by atoms with Crippen LogP contribution in [0.1, 0.15) is 42.7 Å². The maximum absolute atomic E-state index is 15.5. The Balaban J connectivity index is 1.56. The number of halogens is 2. The summed E-state index contributed by atoms with van der Waals surface area (Å²) in [5, 5.41) is 6.33. The predicted molar refractivity (Wildman–Crippen MR) is 155 cm³/mol. The van der Waals surface area contributed by atoms with Crippen LogP contribution in [0.15, 0.2) is 83.2 Å². The Morgan fingerprint density at radius 3 is 2.37 bits per heavy atom. The van der Waals surface area contributed by atoms with Gasteiger partial charge >= 0.3 is 0 Å². The second-order valence-electron chi connectivity index (χ2n) is 9.95. The number of carbonyl (C=O) groups excluding carboxylic acids is 2. The number of hydrogen-bond donors (Lipinski definition) is 2. The van der Waals surface area contributed by atoms with Gasteiger partial charge < -0.3 is 24.8 Å². The number of benzene rings is 3. The molecule has 3 aromatic carbocycles. The van der Waals surface area contributed by atoms with E-state index >= 15 is 4.39 Å². The highest BCUT2D eigenvalue weighted by atomic mass is 35.5. The van der Waals surface area contributed by atoms with E-state index in [1.165, 1.54) is 12.1 Å². The van der Waals surface area contributed by atoms with E-state index in [1.54, 1.807) is 58.6 Å². The predicted octanol–water partition coefficient (Wildman–Crippen LogP) is 6.51. The third-order valence-electron chi connectivity index (χ3n) is 7.59. The second kappa shape index (κ2) is 11.7. The van der Waals surface area contributed by atoms with Gasteiger partial charge in [-0.1, -0.05) is 23.7 Å². The molecule has 0 spiro atoms. The molecule has 0 fully saturated rings. The zero-order valence-corrected chi connectivity index (χ0v) is 23.9. The molecule has 2 atom stereocenters. The van der Waals surface area contributed by atoms with Crippen molar-refractivity contribution >= 4 is 29.0 Å². The zero-order valence-electron chi connectivity index (χ0n) is 23.1. The average molecular weight is 577 g/mol. The molecule has 0 aromatic heterocycles. The molecule has 0 unspecified atom stereocenters. The number of methoxy groups -OCH3 is 3. The highest BCUT2D eigenvalue weighted by Gasteiger charge is 2.42. The Morgan fingerprint density at radius 1 is 0.976 bits per heavy atom. The van der Waals surface area contributed by atoms with Crippen LogP contribution >= 0.6 is 11.6 Å². The van der Waals surface area contributed by atoms with Crippen molar-refractivity contribution in [3.05, 3.63) is 105 Å². The van der Waals surface area contributed by atoms with Crippen molar-refractivity contribution in [3.8, 4) is 17.2 Å². The van der Waals surface area contributed by atoms with E-state index in [1.807, 2.05) is 18.2 Å². The molecule has 1 aliphatic carbocycles. The van der Waals surface area contributed by atoms with Crippen molar-refractivity contribution < 1.29 is 28.2 Å². The molecule has 2 N–H and O–H groups in total. The number of dihydropyridines is 1. The summed E-state index contributed by atoms with van der Waals surface area (Å²) in [5.41, 5.74) is 3.26. The standard InChI is InChI=1S/C32H30ClFN2O5/c1-17-28(32(38)36-20-9-11-21(39-2)12-10-20)31(29-22(33)6-5-7-23(29)34)30-24(35-17)14-19(15-25(30)37)18-8-13-26(40-3)27(16-18)41-4/h5-13,16,19,31,35H,14-15H2,1-4H3,(H,36,38)/t19-,31+/m1/s1. The number of hydrogen-bond acceptors (Lipinski definition) is 6. The van der Waals surface area contributed by atoms with Crippen LogP contribution < -0.4 is 24.8 Å². The molecule has 2 aliphatic rings. The van der Waals surface area contributed by atoms with Gasteiger partial charge in [0.15, 0.2) is 17.3 Å². The van der Waals surface area contributed by atoms with Crippen LogP contribution in [0.25, 0.3) is 0 Å². The maximum atomic E-state index is 15.5. The molecular weight excluding hydrogens is 547 g/mol. The van der Waals surface area contributed by atoms with Crippen molar-refractivity contribution in [2.24, 2.45) is 0 Å². The van der Waals surface area contributed by atoms with Crippen molar-refractivity contribution in [3.63, 3.8) is 0 Å². The van der Waals surface area contributed by atoms with E-state index in [4.69, 9.17) is 25.8 Å². The molecule has 7 nitrogen and oxygen atoms in total. The molecule has 0 bridgehead atoms. The number of allylic oxidation sites excluding steroid dienone is 3. The molecule has 1 heterocycles. The summed E-state index contributed by atoms with van der Waals surface area (Å²) in [6.45, 7) is 1.75. The fourth-order valence-electron chi connectivity index (χ4n) is 5.63. The molecule has 41 heavy (non-hydrogen) atoms. The van der Waals surface area contributed by atoms with Crippen LogP contribution in [-0.4, -0.2) is 33.0 Å². The van der Waals surface area contributed by atoms with E-state index in [0.717, 1.165) is 5.56 Å². The third kappa shape index (κ3) is 5.39. The number of amides is 1. The molecule has 3 aromatic rings. The maximum Gasteiger partial charge on any atom is 0.254 e. The molecule has 9 heteroatoms. The van der Waals surface area contributed by atoms with Gasteiger partial charge in [-0.25, -0.2) is 4.39 Å². The number of ketones is 1. The van der Waals surface area contributed by atoms with Gasteiger partial charge in [0.2, 0.25) is 0 Å². The molecule has 0 saturated heterocycles. The first-order valence-electron chi connectivity index (χ1n) is 13.1. The SMILES string of the molecule is COc1ccc(NC(=O)C2=C(C)NC3=C(C(=O)C[C@H](c4ccc(OC)c(OC)c4)C3)[C@@H]2c2c(F)cccc2Cl)cc1. The van der Waals surface area contributed by atoms with E-state index in [0.29, 0.717) is 46.3 Å². The minimum Gasteiger partial charge on any atom is -0.497 e. The number of rotatable bonds is 7. The lowest BCUT2D eigenvalue weighted by Gasteiger charge is -2.37. The van der Waals surface area contributed by atoms with E-state index in [2.05, 4.69) is 10.6 Å². The number of ether oxygens (including phenoxy) is 3. The summed E-state index contributed by atoms with van der Waals surface area (Å²) in [6.07, 6.45) is 0.648. The number of Topliss-reactive ketones (excluding diaryl/α,β-unsaturated/α-hetero) is 1. The van der Waals surface area contributed by atoms with Gasteiger partial charge in [0.1, 0.15) is 11.6 Å². The van der Waals surface area contributed by atoms with Crippen LogP contribution in [0.4, 0.5) is 10.1 Å². The largest absolute Gasteiger partial charge is 0.497 e. The number of nitrogens with one attached hydrogen (secondary N) is 2. The molecule has 1 aliphatic heterocycles. The third-order valence-corrected chi connectivity index (χ3v) is 7.92. The van der Waals surface area contributed by atoms with Gasteiger partial charge in [0.05, 0.1) is 27.2 Å². The van der Waals surface area contributed by atoms with Gasteiger partial charge in [0, 0.05) is 45.2 Å². The second-order valence-corrected chi connectivity index (χ2v) is 10.4. The fraction of sp³-hybridized carbons (Fsp3) is 0.250. The average Bonchev–Trinajstić information content (AvgIpc) is 2.96. The zero-order chi connectivity index (χ0) is 29.3. The lowest BCUT2D eigenvalue weighted by molar-refractivity contribution is -0.116. The fourth-order valence-corrected chi connectivity index (χ4v) is 5.90. The van der Waals surface area contributed by atoms with Crippen LogP contribution in [0.2, 0.25) is 5.02 Å². The monoisotopic (exact) mass is 576 g/mol. The highest BCUT2D eigenvalue weighted by Crippen LogP contribution is 2.48. The summed E-state index contributed by atoms with van der Waals surface area (Å²) < 4.78 is 31.5. The van der Waals surface area contributed by atoms with Gasteiger partial charge in [-0.3, -0.25) is 9.59 Å². The number of anilines is 1. The summed E-state index contributed by atoms with van der Waals surface area (Å²) in [5.74, 6) is -0.595. The van der Waals surface area contributed by atoms with Gasteiger partial charge in [-0.05, 0) is 73.4 Å². The summed E-state index contributed by atoms with van der Waals surface area (Å²) in [4.78, 5) is 27.7. The summed E-state index contributed by atoms with van der Waals surface area (Å²) in [7, 11) is 4.68. The van der Waals surface area contributed by atoms with Gasteiger partial charge in [-0.15, -0.1) is 0 Å². The van der Waals surface area contributed by atoms with Crippen molar-refractivity contribution in [1.29, 1.82) is 0 Å². The van der Waals surface area contributed by atoms with Crippen molar-refractivity contribution in [2.45, 2.75) is 31.6 Å². The van der Waals surface area contributed by atoms with E-state index in [-0.39, 0.29) is 34.3 Å².